The first-order valence-electron chi connectivity index (χ1n) is 7.81. The first-order valence-corrected chi connectivity index (χ1v) is 7.81. The van der Waals surface area contributed by atoms with Gasteiger partial charge in [0.05, 0.1) is 5.52 Å². The second kappa shape index (κ2) is 5.41. The van der Waals surface area contributed by atoms with Crippen molar-refractivity contribution in [3.63, 3.8) is 0 Å². The van der Waals surface area contributed by atoms with Crippen LogP contribution >= 0.6 is 0 Å². The van der Waals surface area contributed by atoms with Gasteiger partial charge in [-0.15, -0.1) is 0 Å². The lowest BCUT2D eigenvalue weighted by molar-refractivity contribution is 0.374. The van der Waals surface area contributed by atoms with Crippen molar-refractivity contribution < 1.29 is 0 Å². The minimum atomic E-state index is 0.538. The number of hydrogen-bond acceptors (Lipinski definition) is 3. The van der Waals surface area contributed by atoms with E-state index in [0.29, 0.717) is 12.0 Å². The molecule has 0 atom stereocenters. The second-order valence-corrected chi connectivity index (χ2v) is 6.18. The maximum Gasteiger partial charge on any atom is 0.0753 e. The lowest BCUT2D eigenvalue weighted by Crippen LogP contribution is -2.34. The summed E-state index contributed by atoms with van der Waals surface area (Å²) < 4.78 is 0. The molecule has 110 valence electrons. The first-order chi connectivity index (χ1) is 10.8. The van der Waals surface area contributed by atoms with Crippen LogP contribution in [0.2, 0.25) is 0 Å². The highest BCUT2D eigenvalue weighted by Gasteiger charge is 2.30. The van der Waals surface area contributed by atoms with Gasteiger partial charge in [-0.3, -0.25) is 9.97 Å². The SMILES string of the molecule is Cc1cccc(C2CC(Nc3ccnc4ccncc34)C2)c1. The molecular weight excluding hydrogens is 270 g/mol. The van der Waals surface area contributed by atoms with Crippen LogP contribution in [-0.2, 0) is 0 Å². The third kappa shape index (κ3) is 2.43. The number of hydrogen-bond donors (Lipinski definition) is 1. The summed E-state index contributed by atoms with van der Waals surface area (Å²) in [5.41, 5.74) is 4.96. The van der Waals surface area contributed by atoms with Gasteiger partial charge in [0.15, 0.2) is 0 Å². The molecular formula is C19H19N3. The van der Waals surface area contributed by atoms with E-state index in [1.807, 2.05) is 24.5 Å². The molecule has 0 saturated heterocycles. The number of anilines is 1. The molecule has 0 unspecified atom stereocenters. The third-order valence-corrected chi connectivity index (χ3v) is 4.55. The Morgan fingerprint density at radius 2 is 2.00 bits per heavy atom. The standard InChI is InChI=1S/C19H19N3/c1-13-3-2-4-14(9-13)15-10-16(11-15)22-19-6-8-21-18-5-7-20-12-17(18)19/h2-9,12,15-16H,10-11H2,1H3,(H,21,22). The van der Waals surface area contributed by atoms with E-state index in [2.05, 4.69) is 46.5 Å². The summed E-state index contributed by atoms with van der Waals surface area (Å²) in [5, 5.41) is 4.76. The maximum absolute atomic E-state index is 4.39. The summed E-state index contributed by atoms with van der Waals surface area (Å²) in [5.74, 6) is 0.684. The predicted octanol–water partition coefficient (Wildman–Crippen LogP) is 4.30. The summed E-state index contributed by atoms with van der Waals surface area (Å²) in [7, 11) is 0. The quantitative estimate of drug-likeness (QED) is 0.781. The fourth-order valence-corrected chi connectivity index (χ4v) is 3.27. The molecule has 3 heteroatoms. The molecule has 4 rings (SSSR count). The number of aromatic nitrogens is 2. The van der Waals surface area contributed by atoms with E-state index in [4.69, 9.17) is 0 Å². The molecule has 0 spiro atoms. The highest BCUT2D eigenvalue weighted by molar-refractivity contribution is 5.90. The minimum Gasteiger partial charge on any atom is -0.382 e. The van der Waals surface area contributed by atoms with E-state index in [0.717, 1.165) is 16.6 Å². The third-order valence-electron chi connectivity index (χ3n) is 4.55. The van der Waals surface area contributed by atoms with Crippen LogP contribution in [-0.4, -0.2) is 16.0 Å². The molecule has 0 aliphatic heterocycles. The number of nitrogens with one attached hydrogen (secondary N) is 1. The summed E-state index contributed by atoms with van der Waals surface area (Å²) in [6.07, 6.45) is 7.92. The number of fused-ring (bicyclic) bond motifs is 1. The normalized spacial score (nSPS) is 20.6. The summed E-state index contributed by atoms with van der Waals surface area (Å²) in [4.78, 5) is 8.60. The van der Waals surface area contributed by atoms with Crippen LogP contribution in [0.15, 0.2) is 55.0 Å². The summed E-state index contributed by atoms with van der Waals surface area (Å²) >= 11 is 0. The van der Waals surface area contributed by atoms with Gasteiger partial charge >= 0.3 is 0 Å². The number of benzene rings is 1. The first kappa shape index (κ1) is 13.3. The van der Waals surface area contributed by atoms with Crippen molar-refractivity contribution in [2.75, 3.05) is 5.32 Å². The molecule has 1 N–H and O–H groups in total. The number of aryl methyl sites for hydroxylation is 1. The van der Waals surface area contributed by atoms with Crippen molar-refractivity contribution in [1.82, 2.24) is 9.97 Å². The van der Waals surface area contributed by atoms with Gasteiger partial charge in [0.2, 0.25) is 0 Å². The topological polar surface area (TPSA) is 37.8 Å². The Kier molecular flexibility index (Phi) is 3.26. The van der Waals surface area contributed by atoms with Crippen molar-refractivity contribution >= 4 is 16.6 Å². The fraction of sp³-hybridized carbons (Fsp3) is 0.263. The largest absolute Gasteiger partial charge is 0.382 e. The van der Waals surface area contributed by atoms with Crippen molar-refractivity contribution in [1.29, 1.82) is 0 Å². The Morgan fingerprint density at radius 1 is 1.09 bits per heavy atom. The maximum atomic E-state index is 4.39. The van der Waals surface area contributed by atoms with Crippen molar-refractivity contribution in [2.45, 2.75) is 31.7 Å². The monoisotopic (exact) mass is 289 g/mol. The summed E-state index contributed by atoms with van der Waals surface area (Å²) in [6.45, 7) is 2.16. The van der Waals surface area contributed by atoms with Gasteiger partial charge < -0.3 is 5.32 Å². The van der Waals surface area contributed by atoms with Crippen LogP contribution in [0.3, 0.4) is 0 Å². The number of nitrogens with zero attached hydrogens (tertiary/aromatic N) is 2. The van der Waals surface area contributed by atoms with E-state index < -0.39 is 0 Å². The Labute approximate surface area is 130 Å². The van der Waals surface area contributed by atoms with Gasteiger partial charge in [0, 0.05) is 35.7 Å². The van der Waals surface area contributed by atoms with E-state index in [-0.39, 0.29) is 0 Å². The van der Waals surface area contributed by atoms with Gasteiger partial charge in [-0.2, -0.15) is 0 Å². The molecule has 0 radical (unpaired) electrons. The number of rotatable bonds is 3. The van der Waals surface area contributed by atoms with Crippen LogP contribution in [0.1, 0.15) is 29.9 Å². The van der Waals surface area contributed by atoms with Crippen LogP contribution in [0, 0.1) is 6.92 Å². The van der Waals surface area contributed by atoms with Crippen LogP contribution in [0.4, 0.5) is 5.69 Å². The minimum absolute atomic E-state index is 0.538. The highest BCUT2D eigenvalue weighted by Crippen LogP contribution is 2.39. The zero-order valence-electron chi connectivity index (χ0n) is 12.7. The van der Waals surface area contributed by atoms with Crippen molar-refractivity contribution in [2.24, 2.45) is 0 Å². The molecule has 1 aromatic carbocycles. The molecule has 0 bridgehead atoms. The van der Waals surface area contributed by atoms with Gasteiger partial charge in [-0.25, -0.2) is 0 Å². The molecule has 1 saturated carbocycles. The number of pyridine rings is 2. The van der Waals surface area contributed by atoms with E-state index in [1.54, 1.807) is 6.20 Å². The van der Waals surface area contributed by atoms with Gasteiger partial charge in [0.25, 0.3) is 0 Å². The molecule has 3 aromatic rings. The van der Waals surface area contributed by atoms with Gasteiger partial charge in [-0.1, -0.05) is 29.8 Å². The predicted molar refractivity (Wildman–Crippen MR) is 90.1 cm³/mol. The smallest absolute Gasteiger partial charge is 0.0753 e. The van der Waals surface area contributed by atoms with E-state index >= 15 is 0 Å². The second-order valence-electron chi connectivity index (χ2n) is 6.18. The zero-order valence-corrected chi connectivity index (χ0v) is 12.7. The summed E-state index contributed by atoms with van der Waals surface area (Å²) in [6, 6.07) is 13.4. The van der Waals surface area contributed by atoms with Crippen LogP contribution in [0.5, 0.6) is 0 Å². The van der Waals surface area contributed by atoms with Crippen LogP contribution < -0.4 is 5.32 Å². The van der Waals surface area contributed by atoms with Crippen molar-refractivity contribution in [3.05, 3.63) is 66.1 Å². The molecule has 22 heavy (non-hydrogen) atoms. The van der Waals surface area contributed by atoms with Gasteiger partial charge in [0.1, 0.15) is 0 Å². The molecule has 2 aromatic heterocycles. The molecule has 1 aliphatic carbocycles. The Hall–Kier alpha value is -2.42. The molecule has 0 amide bonds. The Morgan fingerprint density at radius 3 is 2.86 bits per heavy atom. The molecule has 3 nitrogen and oxygen atoms in total. The average Bonchev–Trinajstić information content (AvgIpc) is 2.50. The molecule has 1 fully saturated rings. The Balaban J connectivity index is 1.47. The average molecular weight is 289 g/mol. The van der Waals surface area contributed by atoms with Crippen LogP contribution in [0.25, 0.3) is 10.9 Å². The molecule has 1 aliphatic rings. The molecule has 2 heterocycles. The van der Waals surface area contributed by atoms with E-state index in [1.165, 1.54) is 24.0 Å². The lowest BCUT2D eigenvalue weighted by Gasteiger charge is -2.37. The lowest BCUT2D eigenvalue weighted by atomic mass is 9.75. The van der Waals surface area contributed by atoms with Crippen molar-refractivity contribution in [3.8, 4) is 0 Å². The van der Waals surface area contributed by atoms with Gasteiger partial charge in [-0.05, 0) is 43.4 Å². The highest BCUT2D eigenvalue weighted by atomic mass is 14.9. The fourth-order valence-electron chi connectivity index (χ4n) is 3.27. The van der Waals surface area contributed by atoms with E-state index in [9.17, 15) is 0 Å². The Bertz CT molecular complexity index is 801. The zero-order chi connectivity index (χ0) is 14.9.